The van der Waals surface area contributed by atoms with Crippen LogP contribution in [0.5, 0.6) is 0 Å². The van der Waals surface area contributed by atoms with Crippen LogP contribution < -0.4 is 5.32 Å². The number of aromatic nitrogens is 1. The Morgan fingerprint density at radius 2 is 1.81 bits per heavy atom. The summed E-state index contributed by atoms with van der Waals surface area (Å²) in [5.74, 6) is 1.97. The summed E-state index contributed by atoms with van der Waals surface area (Å²) < 4.78 is 0. The van der Waals surface area contributed by atoms with Gasteiger partial charge in [-0.2, -0.15) is 0 Å². The molecule has 0 saturated heterocycles. The van der Waals surface area contributed by atoms with Crippen LogP contribution in [0.4, 0.5) is 0 Å². The Morgan fingerprint density at radius 1 is 1.15 bits per heavy atom. The number of carbonyl (C=O) groups is 1. The topological polar surface area (TPSA) is 65.1 Å². The highest BCUT2D eigenvalue weighted by molar-refractivity contribution is 5.84. The predicted octanol–water partition coefficient (Wildman–Crippen LogP) is 3.97. The molecule has 4 heteroatoms. The van der Waals surface area contributed by atoms with Crippen LogP contribution in [-0.2, 0) is 11.2 Å². The summed E-state index contributed by atoms with van der Waals surface area (Å²) in [6.45, 7) is 0.871. The summed E-state index contributed by atoms with van der Waals surface area (Å²) in [5.41, 5.74) is 2.53. The molecule has 4 nitrogen and oxygen atoms in total. The van der Waals surface area contributed by atoms with E-state index in [-0.39, 0.29) is 0 Å². The number of para-hydroxylation sites is 1. The van der Waals surface area contributed by atoms with Crippen molar-refractivity contribution in [2.45, 2.75) is 51.0 Å². The monoisotopic (exact) mass is 352 g/mol. The molecular weight excluding hydrogens is 324 g/mol. The number of fused-ring (bicyclic) bond motifs is 1. The Hall–Kier alpha value is -1.81. The average molecular weight is 352 g/mol. The number of rotatable bonds is 6. The van der Waals surface area contributed by atoms with Gasteiger partial charge in [0.2, 0.25) is 0 Å². The number of nitrogens with one attached hydrogen (secondary N) is 2. The lowest BCUT2D eigenvalue weighted by Gasteiger charge is -2.57. The number of aliphatic carboxylic acids is 1. The van der Waals surface area contributed by atoms with E-state index in [4.69, 9.17) is 0 Å². The second-order valence-electron chi connectivity index (χ2n) is 9.25. The number of carboxylic acids is 1. The van der Waals surface area contributed by atoms with Crippen molar-refractivity contribution in [1.29, 1.82) is 0 Å². The van der Waals surface area contributed by atoms with Crippen LogP contribution in [0.2, 0.25) is 0 Å². The number of hydrogen-bond donors (Lipinski definition) is 3. The van der Waals surface area contributed by atoms with Crippen LogP contribution in [0.3, 0.4) is 0 Å². The Labute approximate surface area is 154 Å². The lowest BCUT2D eigenvalue weighted by Crippen LogP contribution is -2.53. The fourth-order valence-electron chi connectivity index (χ4n) is 6.61. The van der Waals surface area contributed by atoms with Gasteiger partial charge in [-0.15, -0.1) is 0 Å². The fourth-order valence-corrected chi connectivity index (χ4v) is 6.61. The molecule has 1 aromatic heterocycles. The molecule has 0 amide bonds. The van der Waals surface area contributed by atoms with Gasteiger partial charge >= 0.3 is 5.97 Å². The SMILES string of the molecule is O=C(O)[C@H](Cc1c[nH]c2ccccc12)NCC12CC3CC(CC(C3)C1)C2. The molecule has 2 aromatic rings. The van der Waals surface area contributed by atoms with Crippen LogP contribution in [0, 0.1) is 23.2 Å². The highest BCUT2D eigenvalue weighted by Crippen LogP contribution is 2.59. The van der Waals surface area contributed by atoms with Crippen LogP contribution in [0.25, 0.3) is 10.9 Å². The van der Waals surface area contributed by atoms with Gasteiger partial charge in [0.05, 0.1) is 0 Å². The van der Waals surface area contributed by atoms with Crippen molar-refractivity contribution >= 4 is 16.9 Å². The first-order valence-electron chi connectivity index (χ1n) is 10.1. The van der Waals surface area contributed by atoms with Gasteiger partial charge < -0.3 is 15.4 Å². The zero-order valence-corrected chi connectivity index (χ0v) is 15.2. The maximum Gasteiger partial charge on any atom is 0.321 e. The Morgan fingerprint density at radius 3 is 2.46 bits per heavy atom. The summed E-state index contributed by atoms with van der Waals surface area (Å²) in [7, 11) is 0. The third-order valence-electron chi connectivity index (χ3n) is 7.29. The highest BCUT2D eigenvalue weighted by atomic mass is 16.4. The van der Waals surface area contributed by atoms with E-state index < -0.39 is 12.0 Å². The van der Waals surface area contributed by atoms with E-state index in [9.17, 15) is 9.90 Å². The van der Waals surface area contributed by atoms with E-state index in [1.807, 2.05) is 24.4 Å². The summed E-state index contributed by atoms with van der Waals surface area (Å²) in [6, 6.07) is 7.61. The Kier molecular flexibility index (Phi) is 3.85. The molecular formula is C22H28N2O2. The first-order valence-corrected chi connectivity index (χ1v) is 10.1. The summed E-state index contributed by atoms with van der Waals surface area (Å²) in [6.07, 6.45) is 10.7. The van der Waals surface area contributed by atoms with Crippen molar-refractivity contribution in [2.24, 2.45) is 23.2 Å². The van der Waals surface area contributed by atoms with E-state index in [1.54, 1.807) is 0 Å². The zero-order chi connectivity index (χ0) is 17.7. The number of carboxylic acid groups (broad SMARTS) is 1. The minimum absolute atomic E-state index is 0.364. The van der Waals surface area contributed by atoms with E-state index in [1.165, 1.54) is 38.5 Å². The van der Waals surface area contributed by atoms with Gasteiger partial charge in [0.25, 0.3) is 0 Å². The fraction of sp³-hybridized carbons (Fsp3) is 0.591. The lowest BCUT2D eigenvalue weighted by atomic mass is 9.49. The minimum Gasteiger partial charge on any atom is -0.480 e. The predicted molar refractivity (Wildman–Crippen MR) is 102 cm³/mol. The van der Waals surface area contributed by atoms with Gasteiger partial charge in [0, 0.05) is 30.1 Å². The summed E-state index contributed by atoms with van der Waals surface area (Å²) in [4.78, 5) is 15.2. The molecule has 0 unspecified atom stereocenters. The van der Waals surface area contributed by atoms with Crippen molar-refractivity contribution in [1.82, 2.24) is 10.3 Å². The van der Waals surface area contributed by atoms with Crippen molar-refractivity contribution in [3.05, 3.63) is 36.0 Å². The smallest absolute Gasteiger partial charge is 0.321 e. The molecule has 0 aliphatic heterocycles. The zero-order valence-electron chi connectivity index (χ0n) is 15.2. The molecule has 26 heavy (non-hydrogen) atoms. The first kappa shape index (κ1) is 16.4. The van der Waals surface area contributed by atoms with Gasteiger partial charge in [-0.25, -0.2) is 0 Å². The van der Waals surface area contributed by atoms with Gasteiger partial charge in [0.15, 0.2) is 0 Å². The number of aromatic amines is 1. The minimum atomic E-state index is -0.736. The molecule has 3 N–H and O–H groups in total. The maximum absolute atomic E-state index is 11.9. The second-order valence-corrected chi connectivity index (χ2v) is 9.25. The van der Waals surface area contributed by atoms with Crippen molar-refractivity contribution in [2.75, 3.05) is 6.54 Å². The van der Waals surface area contributed by atoms with Crippen LogP contribution in [-0.4, -0.2) is 28.6 Å². The highest BCUT2D eigenvalue weighted by Gasteiger charge is 2.50. The number of hydrogen-bond acceptors (Lipinski definition) is 2. The van der Waals surface area contributed by atoms with E-state index in [0.29, 0.717) is 11.8 Å². The second kappa shape index (κ2) is 6.12. The van der Waals surface area contributed by atoms with E-state index >= 15 is 0 Å². The summed E-state index contributed by atoms with van der Waals surface area (Å²) in [5, 5.41) is 14.4. The lowest BCUT2D eigenvalue weighted by molar-refractivity contribution is -0.139. The van der Waals surface area contributed by atoms with Gasteiger partial charge in [-0.3, -0.25) is 4.79 Å². The molecule has 138 valence electrons. The third-order valence-corrected chi connectivity index (χ3v) is 7.29. The Balaban J connectivity index is 1.30. The number of H-pyrrole nitrogens is 1. The molecule has 1 heterocycles. The van der Waals surface area contributed by atoms with Crippen LogP contribution in [0.1, 0.15) is 44.1 Å². The number of benzene rings is 1. The van der Waals surface area contributed by atoms with Gasteiger partial charge in [-0.1, -0.05) is 18.2 Å². The van der Waals surface area contributed by atoms with E-state index in [2.05, 4.69) is 16.4 Å². The van der Waals surface area contributed by atoms with Crippen molar-refractivity contribution in [3.63, 3.8) is 0 Å². The molecule has 1 atom stereocenters. The molecule has 4 bridgehead atoms. The molecule has 4 fully saturated rings. The quantitative estimate of drug-likeness (QED) is 0.737. The van der Waals surface area contributed by atoms with Gasteiger partial charge in [0.1, 0.15) is 6.04 Å². The molecule has 0 spiro atoms. The maximum atomic E-state index is 11.9. The van der Waals surface area contributed by atoms with Crippen molar-refractivity contribution in [3.8, 4) is 0 Å². The third kappa shape index (κ3) is 2.84. The molecule has 1 aromatic carbocycles. The Bertz CT molecular complexity index is 789. The molecule has 4 saturated carbocycles. The standard InChI is InChI=1S/C22H28N2O2/c25-21(26)20(8-17-12-23-19-4-2-1-3-18(17)19)24-13-22-9-14-5-15(10-22)7-16(6-14)11-22/h1-4,12,14-16,20,23-24H,5-11,13H2,(H,25,26)/t14?,15?,16?,20-,22?/m0/s1. The van der Waals surface area contributed by atoms with Crippen molar-refractivity contribution < 1.29 is 9.90 Å². The molecule has 4 aliphatic carbocycles. The molecule has 4 aliphatic rings. The average Bonchev–Trinajstić information content (AvgIpc) is 3.00. The first-order chi connectivity index (χ1) is 12.6. The molecule has 6 rings (SSSR count). The van der Waals surface area contributed by atoms with Crippen LogP contribution in [0.15, 0.2) is 30.5 Å². The molecule has 0 radical (unpaired) electrons. The van der Waals surface area contributed by atoms with Crippen LogP contribution >= 0.6 is 0 Å². The van der Waals surface area contributed by atoms with E-state index in [0.717, 1.165) is 40.8 Å². The summed E-state index contributed by atoms with van der Waals surface area (Å²) >= 11 is 0. The van der Waals surface area contributed by atoms with Gasteiger partial charge in [-0.05, 0) is 73.3 Å². The largest absolute Gasteiger partial charge is 0.480 e. The normalized spacial score (nSPS) is 33.6.